The Bertz CT molecular complexity index is 879. The van der Waals surface area contributed by atoms with Crippen molar-refractivity contribution in [3.63, 3.8) is 0 Å². The van der Waals surface area contributed by atoms with Gasteiger partial charge in [-0.05, 0) is 18.2 Å². The SMILES string of the molecule is CN(C(=O)c1cnn(-c2ncccn2)c1C(F)(F)F)c1cccnc1. The number of carbonyl (C=O) groups excluding carboxylic acids is 1. The summed E-state index contributed by atoms with van der Waals surface area (Å²) in [5.74, 6) is -1.15. The Morgan fingerprint density at radius 3 is 2.44 bits per heavy atom. The van der Waals surface area contributed by atoms with Crippen molar-refractivity contribution in [2.45, 2.75) is 6.18 Å². The lowest BCUT2D eigenvalue weighted by molar-refractivity contribution is -0.143. The number of rotatable bonds is 3. The maximum absolute atomic E-state index is 13.6. The third kappa shape index (κ3) is 3.18. The number of hydrogen-bond acceptors (Lipinski definition) is 5. The zero-order valence-electron chi connectivity index (χ0n) is 12.8. The number of amides is 1. The molecule has 0 saturated carbocycles. The van der Waals surface area contributed by atoms with Crippen molar-refractivity contribution in [2.75, 3.05) is 11.9 Å². The van der Waals surface area contributed by atoms with E-state index in [0.29, 0.717) is 10.4 Å². The summed E-state index contributed by atoms with van der Waals surface area (Å²) in [6, 6.07) is 4.59. The van der Waals surface area contributed by atoms with Crippen LogP contribution in [0.2, 0.25) is 0 Å². The summed E-state index contributed by atoms with van der Waals surface area (Å²) in [5.41, 5.74) is -1.49. The molecule has 0 radical (unpaired) electrons. The van der Waals surface area contributed by atoms with Gasteiger partial charge in [0.1, 0.15) is 0 Å². The molecule has 10 heteroatoms. The summed E-state index contributed by atoms with van der Waals surface area (Å²) in [7, 11) is 1.36. The predicted octanol–water partition coefficient (Wildman–Crippen LogP) is 2.35. The molecule has 0 aliphatic carbocycles. The fraction of sp³-hybridized carbons (Fsp3) is 0.133. The summed E-state index contributed by atoms with van der Waals surface area (Å²) in [4.78, 5) is 25.0. The van der Waals surface area contributed by atoms with Crippen LogP contribution in [0.4, 0.5) is 18.9 Å². The Morgan fingerprint density at radius 1 is 1.12 bits per heavy atom. The number of alkyl halides is 3. The lowest BCUT2D eigenvalue weighted by Gasteiger charge is -2.18. The Balaban J connectivity index is 2.08. The number of nitrogens with zero attached hydrogens (tertiary/aromatic N) is 6. The first-order chi connectivity index (χ1) is 11.9. The van der Waals surface area contributed by atoms with Gasteiger partial charge in [0.15, 0.2) is 5.69 Å². The van der Waals surface area contributed by atoms with Gasteiger partial charge in [-0.15, -0.1) is 0 Å². The van der Waals surface area contributed by atoms with Gasteiger partial charge in [-0.1, -0.05) is 0 Å². The molecule has 25 heavy (non-hydrogen) atoms. The van der Waals surface area contributed by atoms with Crippen molar-refractivity contribution < 1.29 is 18.0 Å². The van der Waals surface area contributed by atoms with Gasteiger partial charge in [0.2, 0.25) is 0 Å². The van der Waals surface area contributed by atoms with Crippen LogP contribution in [0.3, 0.4) is 0 Å². The van der Waals surface area contributed by atoms with Crippen LogP contribution in [-0.2, 0) is 6.18 Å². The van der Waals surface area contributed by atoms with Crippen LogP contribution < -0.4 is 4.90 Å². The first-order valence-corrected chi connectivity index (χ1v) is 7.00. The second-order valence-corrected chi connectivity index (χ2v) is 4.94. The normalized spacial score (nSPS) is 11.4. The van der Waals surface area contributed by atoms with Gasteiger partial charge in [0, 0.05) is 25.6 Å². The number of anilines is 1. The van der Waals surface area contributed by atoms with Crippen molar-refractivity contribution in [1.82, 2.24) is 24.7 Å². The molecule has 0 saturated heterocycles. The minimum atomic E-state index is -4.82. The Labute approximate surface area is 139 Å². The van der Waals surface area contributed by atoms with Gasteiger partial charge < -0.3 is 4.90 Å². The summed E-state index contributed by atoms with van der Waals surface area (Å²) in [6.45, 7) is 0. The summed E-state index contributed by atoms with van der Waals surface area (Å²) in [5, 5.41) is 3.66. The van der Waals surface area contributed by atoms with Gasteiger partial charge >= 0.3 is 6.18 Å². The number of hydrogen-bond donors (Lipinski definition) is 0. The second kappa shape index (κ2) is 6.30. The molecular weight excluding hydrogens is 337 g/mol. The maximum atomic E-state index is 13.6. The second-order valence-electron chi connectivity index (χ2n) is 4.94. The molecule has 3 heterocycles. The number of halogens is 3. The van der Waals surface area contributed by atoms with Crippen LogP contribution in [0, 0.1) is 0 Å². The van der Waals surface area contributed by atoms with E-state index in [2.05, 4.69) is 20.1 Å². The highest BCUT2D eigenvalue weighted by atomic mass is 19.4. The molecule has 0 aromatic carbocycles. The lowest BCUT2D eigenvalue weighted by Crippen LogP contribution is -2.29. The number of aromatic nitrogens is 5. The number of pyridine rings is 1. The molecule has 0 N–H and O–H groups in total. The molecule has 0 fully saturated rings. The Kier molecular flexibility index (Phi) is 4.17. The van der Waals surface area contributed by atoms with Crippen LogP contribution in [0.5, 0.6) is 0 Å². The van der Waals surface area contributed by atoms with Gasteiger partial charge in [-0.2, -0.15) is 23.0 Å². The largest absolute Gasteiger partial charge is 0.434 e. The summed E-state index contributed by atoms with van der Waals surface area (Å²) >= 11 is 0. The molecule has 7 nitrogen and oxygen atoms in total. The topological polar surface area (TPSA) is 76.8 Å². The van der Waals surface area contributed by atoms with E-state index in [1.54, 1.807) is 12.1 Å². The third-order valence-corrected chi connectivity index (χ3v) is 3.35. The zero-order chi connectivity index (χ0) is 18.0. The average Bonchev–Trinajstić information content (AvgIpc) is 3.07. The standard InChI is InChI=1S/C15H11F3N6O/c1-23(10-4-2-5-19-8-10)13(25)11-9-22-24(12(11)15(16,17)18)14-20-6-3-7-21-14/h2-9H,1H3. The van der Waals surface area contributed by atoms with Crippen LogP contribution >= 0.6 is 0 Å². The van der Waals surface area contributed by atoms with Gasteiger partial charge in [-0.25, -0.2) is 9.97 Å². The van der Waals surface area contributed by atoms with Crippen molar-refractivity contribution >= 4 is 11.6 Å². The Hall–Kier alpha value is -3.30. The third-order valence-electron chi connectivity index (χ3n) is 3.35. The van der Waals surface area contributed by atoms with Crippen molar-refractivity contribution in [3.8, 4) is 5.95 Å². The smallest absolute Gasteiger partial charge is 0.310 e. The van der Waals surface area contributed by atoms with E-state index < -0.39 is 23.3 Å². The minimum Gasteiger partial charge on any atom is -0.310 e. The fourth-order valence-corrected chi connectivity index (χ4v) is 2.18. The van der Waals surface area contributed by atoms with Crippen molar-refractivity contribution in [1.29, 1.82) is 0 Å². The molecule has 0 spiro atoms. The highest BCUT2D eigenvalue weighted by Crippen LogP contribution is 2.33. The van der Waals surface area contributed by atoms with Crippen molar-refractivity contribution in [3.05, 3.63) is 60.4 Å². The molecule has 1 amide bonds. The summed E-state index contributed by atoms with van der Waals surface area (Å²) < 4.78 is 41.2. The van der Waals surface area contributed by atoms with Gasteiger partial charge in [0.05, 0.1) is 23.6 Å². The molecule has 0 unspecified atom stereocenters. The van der Waals surface area contributed by atoms with Gasteiger partial charge in [-0.3, -0.25) is 9.78 Å². The van der Waals surface area contributed by atoms with E-state index in [9.17, 15) is 18.0 Å². The molecule has 128 valence electrons. The van der Waals surface area contributed by atoms with E-state index in [1.807, 2.05) is 0 Å². The first-order valence-electron chi connectivity index (χ1n) is 7.00. The Morgan fingerprint density at radius 2 is 1.84 bits per heavy atom. The van der Waals surface area contributed by atoms with E-state index in [1.165, 1.54) is 37.9 Å². The zero-order valence-corrected chi connectivity index (χ0v) is 12.8. The van der Waals surface area contributed by atoms with Crippen LogP contribution in [0.1, 0.15) is 16.1 Å². The van der Waals surface area contributed by atoms with Crippen LogP contribution in [0.15, 0.2) is 49.2 Å². The lowest BCUT2D eigenvalue weighted by atomic mass is 10.2. The van der Waals surface area contributed by atoms with E-state index >= 15 is 0 Å². The molecule has 0 bridgehead atoms. The summed E-state index contributed by atoms with van der Waals surface area (Å²) in [6.07, 6.45) is 1.47. The predicted molar refractivity (Wildman–Crippen MR) is 81.1 cm³/mol. The quantitative estimate of drug-likeness (QED) is 0.726. The van der Waals surface area contributed by atoms with E-state index in [4.69, 9.17) is 0 Å². The van der Waals surface area contributed by atoms with Crippen LogP contribution in [-0.4, -0.2) is 37.7 Å². The molecule has 0 aliphatic heterocycles. The fourth-order valence-electron chi connectivity index (χ4n) is 2.18. The highest BCUT2D eigenvalue weighted by Gasteiger charge is 2.41. The average molecular weight is 348 g/mol. The van der Waals surface area contributed by atoms with E-state index in [-0.39, 0.29) is 5.95 Å². The molecule has 3 aromatic heterocycles. The monoisotopic (exact) mass is 348 g/mol. The molecule has 0 aliphatic rings. The maximum Gasteiger partial charge on any atom is 0.434 e. The minimum absolute atomic E-state index is 0.280. The first kappa shape index (κ1) is 16.6. The molecular formula is C15H11F3N6O. The molecule has 0 atom stereocenters. The van der Waals surface area contributed by atoms with E-state index in [0.717, 1.165) is 11.1 Å². The highest BCUT2D eigenvalue weighted by molar-refractivity contribution is 6.06. The van der Waals surface area contributed by atoms with Crippen molar-refractivity contribution in [2.24, 2.45) is 0 Å². The van der Waals surface area contributed by atoms with Crippen LogP contribution in [0.25, 0.3) is 5.95 Å². The van der Waals surface area contributed by atoms with Gasteiger partial charge in [0.25, 0.3) is 11.9 Å². The molecule has 3 rings (SSSR count). The number of carbonyl (C=O) groups is 1. The molecule has 3 aromatic rings.